The van der Waals surface area contributed by atoms with Crippen LogP contribution in [-0.4, -0.2) is 7.11 Å². The standard InChI is InChI=1S/C17H17FN2O/c1-11-4-7-16(12(2)17(11)21-3)20-10-13-5-6-15(18)14(8-13)9-19/h4-8,20H,10H2,1-3H3. The number of rotatable bonds is 4. The molecular formula is C17H17FN2O. The highest BCUT2D eigenvalue weighted by molar-refractivity contribution is 5.59. The van der Waals surface area contributed by atoms with Crippen LogP contribution in [0.15, 0.2) is 30.3 Å². The third-order valence-electron chi connectivity index (χ3n) is 3.44. The Labute approximate surface area is 124 Å². The predicted octanol–water partition coefficient (Wildman–Crippen LogP) is 3.93. The van der Waals surface area contributed by atoms with Crippen molar-refractivity contribution in [2.45, 2.75) is 20.4 Å². The van der Waals surface area contributed by atoms with E-state index >= 15 is 0 Å². The molecule has 0 unspecified atom stereocenters. The smallest absolute Gasteiger partial charge is 0.140 e. The SMILES string of the molecule is COc1c(C)ccc(NCc2ccc(F)c(C#N)c2)c1C. The van der Waals surface area contributed by atoms with Gasteiger partial charge in [0.25, 0.3) is 0 Å². The fourth-order valence-electron chi connectivity index (χ4n) is 2.30. The maximum atomic E-state index is 13.3. The Hall–Kier alpha value is -2.54. The van der Waals surface area contributed by atoms with Crippen molar-refractivity contribution in [3.05, 3.63) is 58.4 Å². The summed E-state index contributed by atoms with van der Waals surface area (Å²) < 4.78 is 18.7. The van der Waals surface area contributed by atoms with E-state index in [0.717, 1.165) is 28.1 Å². The van der Waals surface area contributed by atoms with Crippen LogP contribution >= 0.6 is 0 Å². The van der Waals surface area contributed by atoms with Gasteiger partial charge in [-0.25, -0.2) is 4.39 Å². The van der Waals surface area contributed by atoms with Crippen LogP contribution in [-0.2, 0) is 6.54 Å². The summed E-state index contributed by atoms with van der Waals surface area (Å²) in [6.07, 6.45) is 0. The van der Waals surface area contributed by atoms with Crippen molar-refractivity contribution in [1.29, 1.82) is 5.26 Å². The lowest BCUT2D eigenvalue weighted by molar-refractivity contribution is 0.409. The van der Waals surface area contributed by atoms with Crippen molar-refractivity contribution < 1.29 is 9.13 Å². The molecule has 0 fully saturated rings. The van der Waals surface area contributed by atoms with Crippen molar-refractivity contribution in [2.75, 3.05) is 12.4 Å². The maximum Gasteiger partial charge on any atom is 0.140 e. The summed E-state index contributed by atoms with van der Waals surface area (Å²) >= 11 is 0. The lowest BCUT2D eigenvalue weighted by Crippen LogP contribution is -2.03. The molecule has 0 saturated carbocycles. The molecule has 0 aliphatic rings. The summed E-state index contributed by atoms with van der Waals surface area (Å²) in [7, 11) is 1.65. The van der Waals surface area contributed by atoms with Crippen LogP contribution in [0.1, 0.15) is 22.3 Å². The second-order valence-corrected chi connectivity index (χ2v) is 4.87. The molecule has 0 atom stereocenters. The summed E-state index contributed by atoms with van der Waals surface area (Å²) in [5.74, 6) is 0.367. The van der Waals surface area contributed by atoms with Crippen LogP contribution in [0.4, 0.5) is 10.1 Å². The largest absolute Gasteiger partial charge is 0.496 e. The Morgan fingerprint density at radius 1 is 1.24 bits per heavy atom. The van der Waals surface area contributed by atoms with Crippen molar-refractivity contribution in [3.63, 3.8) is 0 Å². The Morgan fingerprint density at radius 3 is 2.67 bits per heavy atom. The topological polar surface area (TPSA) is 45.0 Å². The van der Waals surface area contributed by atoms with E-state index in [9.17, 15) is 4.39 Å². The fraction of sp³-hybridized carbons (Fsp3) is 0.235. The lowest BCUT2D eigenvalue weighted by atomic mass is 10.1. The number of anilines is 1. The molecule has 4 heteroatoms. The van der Waals surface area contributed by atoms with Gasteiger partial charge in [0, 0.05) is 17.8 Å². The van der Waals surface area contributed by atoms with Crippen LogP contribution in [0, 0.1) is 31.0 Å². The number of hydrogen-bond acceptors (Lipinski definition) is 3. The molecule has 0 aliphatic heterocycles. The molecule has 0 aromatic heterocycles. The molecule has 0 spiro atoms. The van der Waals surface area contributed by atoms with Gasteiger partial charge in [-0.1, -0.05) is 12.1 Å². The Morgan fingerprint density at radius 2 is 2.00 bits per heavy atom. The summed E-state index contributed by atoms with van der Waals surface area (Å²) in [5, 5.41) is 12.1. The average molecular weight is 284 g/mol. The van der Waals surface area contributed by atoms with E-state index < -0.39 is 5.82 Å². The molecule has 0 amide bonds. The summed E-state index contributed by atoms with van der Waals surface area (Å²) in [4.78, 5) is 0. The zero-order valence-electron chi connectivity index (χ0n) is 12.3. The van der Waals surface area contributed by atoms with Gasteiger partial charge in [-0.3, -0.25) is 0 Å². The summed E-state index contributed by atoms with van der Waals surface area (Å²) in [6, 6.07) is 10.4. The molecule has 108 valence electrons. The van der Waals surface area contributed by atoms with E-state index in [1.165, 1.54) is 6.07 Å². The van der Waals surface area contributed by atoms with E-state index in [1.54, 1.807) is 19.2 Å². The predicted molar refractivity (Wildman–Crippen MR) is 80.9 cm³/mol. The van der Waals surface area contributed by atoms with Crippen LogP contribution in [0.2, 0.25) is 0 Å². The van der Waals surface area contributed by atoms with Crippen molar-refractivity contribution in [3.8, 4) is 11.8 Å². The molecular weight excluding hydrogens is 267 g/mol. The fourth-order valence-corrected chi connectivity index (χ4v) is 2.30. The molecule has 2 aromatic carbocycles. The van der Waals surface area contributed by atoms with Crippen molar-refractivity contribution >= 4 is 5.69 Å². The maximum absolute atomic E-state index is 13.3. The first-order chi connectivity index (χ1) is 10.1. The molecule has 0 saturated heterocycles. The number of hydrogen-bond donors (Lipinski definition) is 1. The lowest BCUT2D eigenvalue weighted by Gasteiger charge is -2.15. The minimum Gasteiger partial charge on any atom is -0.496 e. The minimum absolute atomic E-state index is 0.0625. The van der Waals surface area contributed by atoms with Gasteiger partial charge in [-0.15, -0.1) is 0 Å². The molecule has 1 N–H and O–H groups in total. The first-order valence-electron chi connectivity index (χ1n) is 6.63. The molecule has 0 bridgehead atoms. The third-order valence-corrected chi connectivity index (χ3v) is 3.44. The van der Waals surface area contributed by atoms with Crippen molar-refractivity contribution in [1.82, 2.24) is 0 Å². The third kappa shape index (κ3) is 3.14. The zero-order chi connectivity index (χ0) is 15.4. The number of ether oxygens (including phenoxy) is 1. The number of methoxy groups -OCH3 is 1. The van der Waals surface area contributed by atoms with Gasteiger partial charge in [-0.2, -0.15) is 5.26 Å². The molecule has 0 heterocycles. The van der Waals surface area contributed by atoms with Gasteiger partial charge in [0.2, 0.25) is 0 Å². The van der Waals surface area contributed by atoms with E-state index in [2.05, 4.69) is 5.32 Å². The van der Waals surface area contributed by atoms with Crippen molar-refractivity contribution in [2.24, 2.45) is 0 Å². The average Bonchev–Trinajstić information content (AvgIpc) is 2.48. The molecule has 0 radical (unpaired) electrons. The highest BCUT2D eigenvalue weighted by atomic mass is 19.1. The van der Waals surface area contributed by atoms with E-state index in [4.69, 9.17) is 10.00 Å². The van der Waals surface area contributed by atoms with Crippen LogP contribution in [0.25, 0.3) is 0 Å². The molecule has 3 nitrogen and oxygen atoms in total. The quantitative estimate of drug-likeness (QED) is 0.925. The number of nitrogens with one attached hydrogen (secondary N) is 1. The number of aryl methyl sites for hydroxylation is 1. The van der Waals surface area contributed by atoms with Crippen LogP contribution in [0.5, 0.6) is 5.75 Å². The number of nitrogens with zero attached hydrogens (tertiary/aromatic N) is 1. The zero-order valence-corrected chi connectivity index (χ0v) is 12.3. The van der Waals surface area contributed by atoms with Gasteiger partial charge in [0.15, 0.2) is 0 Å². The molecule has 0 aliphatic carbocycles. The Balaban J connectivity index is 2.19. The molecule has 21 heavy (non-hydrogen) atoms. The van der Waals surface area contributed by atoms with Gasteiger partial charge in [-0.05, 0) is 43.2 Å². The normalized spacial score (nSPS) is 10.0. The van der Waals surface area contributed by atoms with Crippen LogP contribution < -0.4 is 10.1 Å². The first kappa shape index (κ1) is 14.9. The second kappa shape index (κ2) is 6.27. The van der Waals surface area contributed by atoms with E-state index in [-0.39, 0.29) is 5.56 Å². The first-order valence-corrected chi connectivity index (χ1v) is 6.63. The highest BCUT2D eigenvalue weighted by Gasteiger charge is 2.08. The van der Waals surface area contributed by atoms with Gasteiger partial charge >= 0.3 is 0 Å². The second-order valence-electron chi connectivity index (χ2n) is 4.87. The molecule has 2 rings (SSSR count). The van der Waals surface area contributed by atoms with Gasteiger partial charge in [0.05, 0.1) is 12.7 Å². The van der Waals surface area contributed by atoms with Gasteiger partial charge < -0.3 is 10.1 Å². The number of halogens is 1. The Kier molecular flexibility index (Phi) is 4.44. The van der Waals surface area contributed by atoms with Crippen LogP contribution in [0.3, 0.4) is 0 Å². The number of nitriles is 1. The van der Waals surface area contributed by atoms with Gasteiger partial charge in [0.1, 0.15) is 17.6 Å². The summed E-state index contributed by atoms with van der Waals surface area (Å²) in [6.45, 7) is 4.50. The van der Waals surface area contributed by atoms with E-state index in [1.807, 2.05) is 32.0 Å². The highest BCUT2D eigenvalue weighted by Crippen LogP contribution is 2.29. The van der Waals surface area contributed by atoms with E-state index in [0.29, 0.717) is 6.54 Å². The summed E-state index contributed by atoms with van der Waals surface area (Å²) in [5.41, 5.74) is 3.98. The molecule has 2 aromatic rings. The minimum atomic E-state index is -0.491. The number of benzene rings is 2. The Bertz CT molecular complexity index is 705. The monoisotopic (exact) mass is 284 g/mol.